The topological polar surface area (TPSA) is 101 Å². The molecule has 0 aliphatic carbocycles. The molecule has 0 radical (unpaired) electrons. The predicted molar refractivity (Wildman–Crippen MR) is 118 cm³/mol. The Kier molecular flexibility index (Phi) is 6.00. The minimum atomic E-state index is -3.66. The van der Waals surface area contributed by atoms with Gasteiger partial charge in [-0.3, -0.25) is 15.1 Å². The van der Waals surface area contributed by atoms with Gasteiger partial charge in [0.15, 0.2) is 5.13 Å². The van der Waals surface area contributed by atoms with Crippen molar-refractivity contribution in [3.05, 3.63) is 82.1 Å². The van der Waals surface area contributed by atoms with Gasteiger partial charge in [-0.2, -0.15) is 0 Å². The lowest BCUT2D eigenvalue weighted by Crippen LogP contribution is -2.23. The number of carbonyl (C=O) groups excluding carboxylic acids is 1. The van der Waals surface area contributed by atoms with E-state index >= 15 is 0 Å². The highest BCUT2D eigenvalue weighted by Crippen LogP contribution is 2.24. The Bertz CT molecular complexity index is 1240. The fraction of sp³-hybridized carbons (Fsp3) is 0.0500. The highest BCUT2D eigenvalue weighted by atomic mass is 32.2. The molecule has 3 aromatic heterocycles. The van der Waals surface area contributed by atoms with Gasteiger partial charge in [0.25, 0.3) is 5.91 Å². The lowest BCUT2D eigenvalue weighted by molar-refractivity contribution is 0.102. The van der Waals surface area contributed by atoms with Gasteiger partial charge in [0, 0.05) is 40.3 Å². The van der Waals surface area contributed by atoms with E-state index in [9.17, 15) is 13.2 Å². The molecular formula is C20H16N4O3S3. The molecule has 0 saturated carbocycles. The van der Waals surface area contributed by atoms with E-state index in [1.54, 1.807) is 12.4 Å². The number of pyridine rings is 1. The average molecular weight is 457 g/mol. The second-order valence-electron chi connectivity index (χ2n) is 6.16. The summed E-state index contributed by atoms with van der Waals surface area (Å²) in [4.78, 5) is 22.0. The zero-order chi connectivity index (χ0) is 21.0. The number of thiophene rings is 1. The quantitative estimate of drug-likeness (QED) is 0.438. The lowest BCUT2D eigenvalue weighted by Gasteiger charge is -2.07. The minimum Gasteiger partial charge on any atom is -0.298 e. The monoisotopic (exact) mass is 456 g/mol. The molecule has 0 fully saturated rings. The number of nitrogens with one attached hydrogen (secondary N) is 2. The molecular weight excluding hydrogens is 440 g/mol. The first-order valence-electron chi connectivity index (χ1n) is 8.81. The zero-order valence-corrected chi connectivity index (χ0v) is 17.9. The molecule has 2 N–H and O–H groups in total. The zero-order valence-electron chi connectivity index (χ0n) is 15.5. The summed E-state index contributed by atoms with van der Waals surface area (Å²) < 4.78 is 27.4. The summed E-state index contributed by atoms with van der Waals surface area (Å²) >= 11 is 2.78. The smallest absolute Gasteiger partial charge is 0.257 e. The van der Waals surface area contributed by atoms with Crippen molar-refractivity contribution in [1.82, 2.24) is 14.7 Å². The molecule has 152 valence electrons. The number of nitrogens with zero attached hydrogens (tertiary/aromatic N) is 2. The van der Waals surface area contributed by atoms with Crippen LogP contribution in [0.3, 0.4) is 0 Å². The SMILES string of the molecule is O=C(Nc1nc(-c2cccnc2)cs1)c1ccc(S(=O)(=O)NCc2cccs2)cc1. The molecule has 0 saturated heterocycles. The third-order valence-corrected chi connectivity index (χ3v) is 7.18. The molecule has 30 heavy (non-hydrogen) atoms. The van der Waals surface area contributed by atoms with Gasteiger partial charge in [-0.25, -0.2) is 18.1 Å². The van der Waals surface area contributed by atoms with E-state index in [1.165, 1.54) is 46.9 Å². The van der Waals surface area contributed by atoms with Crippen molar-refractivity contribution < 1.29 is 13.2 Å². The van der Waals surface area contributed by atoms with E-state index in [-0.39, 0.29) is 17.3 Å². The second-order valence-corrected chi connectivity index (χ2v) is 9.82. The number of sulfonamides is 1. The van der Waals surface area contributed by atoms with Gasteiger partial charge in [0.2, 0.25) is 10.0 Å². The molecule has 0 unspecified atom stereocenters. The summed E-state index contributed by atoms with van der Waals surface area (Å²) in [7, 11) is -3.66. The Labute approximate surface area is 181 Å². The molecule has 7 nitrogen and oxygen atoms in total. The normalized spacial score (nSPS) is 11.3. The van der Waals surface area contributed by atoms with E-state index in [0.29, 0.717) is 10.7 Å². The number of hydrogen-bond acceptors (Lipinski definition) is 7. The van der Waals surface area contributed by atoms with Gasteiger partial charge < -0.3 is 0 Å². The highest BCUT2D eigenvalue weighted by molar-refractivity contribution is 7.89. The molecule has 4 aromatic rings. The molecule has 4 rings (SSSR count). The van der Waals surface area contributed by atoms with Crippen molar-refractivity contribution in [1.29, 1.82) is 0 Å². The number of aromatic nitrogens is 2. The Morgan fingerprint density at radius 3 is 2.57 bits per heavy atom. The van der Waals surface area contributed by atoms with Crippen molar-refractivity contribution in [2.45, 2.75) is 11.4 Å². The first-order valence-corrected chi connectivity index (χ1v) is 12.0. The lowest BCUT2D eigenvalue weighted by atomic mass is 10.2. The van der Waals surface area contributed by atoms with Crippen LogP contribution >= 0.6 is 22.7 Å². The third kappa shape index (κ3) is 4.79. The van der Waals surface area contributed by atoms with Crippen LogP contribution in [0.15, 0.2) is 76.6 Å². The van der Waals surface area contributed by atoms with E-state index in [0.717, 1.165) is 16.1 Å². The molecule has 0 spiro atoms. The Morgan fingerprint density at radius 2 is 1.87 bits per heavy atom. The molecule has 3 heterocycles. The Morgan fingerprint density at radius 1 is 1.03 bits per heavy atom. The van der Waals surface area contributed by atoms with E-state index in [1.807, 2.05) is 35.0 Å². The van der Waals surface area contributed by atoms with Gasteiger partial charge in [-0.15, -0.1) is 22.7 Å². The number of thiazole rings is 1. The summed E-state index contributed by atoms with van der Waals surface area (Å²) in [5, 5.41) is 6.91. The van der Waals surface area contributed by atoms with Gasteiger partial charge in [-0.05, 0) is 47.8 Å². The summed E-state index contributed by atoms with van der Waals surface area (Å²) in [6.07, 6.45) is 3.38. The van der Waals surface area contributed by atoms with Crippen LogP contribution in [-0.4, -0.2) is 24.3 Å². The standard InChI is InChI=1S/C20H16N4O3S3/c25-19(24-20-23-18(13-29-20)15-3-1-9-21-11-15)14-5-7-17(8-6-14)30(26,27)22-12-16-4-2-10-28-16/h1-11,13,22H,12H2,(H,23,24,25). The molecule has 1 amide bonds. The molecule has 10 heteroatoms. The number of rotatable bonds is 7. The maximum Gasteiger partial charge on any atom is 0.257 e. The fourth-order valence-electron chi connectivity index (χ4n) is 2.60. The Balaban J connectivity index is 1.41. The molecule has 0 aliphatic rings. The van der Waals surface area contributed by atoms with Crippen LogP contribution in [0.1, 0.15) is 15.2 Å². The van der Waals surface area contributed by atoms with E-state index in [4.69, 9.17) is 0 Å². The summed E-state index contributed by atoms with van der Waals surface area (Å²) in [5.41, 5.74) is 1.92. The maximum absolute atomic E-state index is 12.5. The van der Waals surface area contributed by atoms with Gasteiger partial charge >= 0.3 is 0 Å². The summed E-state index contributed by atoms with van der Waals surface area (Å²) in [6, 6.07) is 13.2. The van der Waals surface area contributed by atoms with Crippen molar-refractivity contribution >= 4 is 43.7 Å². The van der Waals surface area contributed by atoms with Crippen molar-refractivity contribution in [2.75, 3.05) is 5.32 Å². The van der Waals surface area contributed by atoms with Crippen molar-refractivity contribution in [2.24, 2.45) is 0 Å². The van der Waals surface area contributed by atoms with Gasteiger partial charge in [0.1, 0.15) is 0 Å². The largest absolute Gasteiger partial charge is 0.298 e. The summed E-state index contributed by atoms with van der Waals surface area (Å²) in [6.45, 7) is 0.228. The van der Waals surface area contributed by atoms with Crippen LogP contribution in [-0.2, 0) is 16.6 Å². The van der Waals surface area contributed by atoms with Crippen molar-refractivity contribution in [3.8, 4) is 11.3 Å². The fourth-order valence-corrected chi connectivity index (χ4v) is 5.05. The summed E-state index contributed by atoms with van der Waals surface area (Å²) in [5.74, 6) is -0.363. The third-order valence-electron chi connectivity index (χ3n) is 4.13. The maximum atomic E-state index is 12.5. The van der Waals surface area contributed by atoms with E-state index in [2.05, 4.69) is 20.0 Å². The van der Waals surface area contributed by atoms with Gasteiger partial charge in [-0.1, -0.05) is 6.07 Å². The number of carbonyl (C=O) groups is 1. The highest BCUT2D eigenvalue weighted by Gasteiger charge is 2.16. The van der Waals surface area contributed by atoms with Crippen LogP contribution in [0, 0.1) is 0 Å². The van der Waals surface area contributed by atoms with E-state index < -0.39 is 10.0 Å². The molecule has 0 bridgehead atoms. The molecule has 1 aromatic carbocycles. The van der Waals surface area contributed by atoms with Crippen LogP contribution in [0.5, 0.6) is 0 Å². The number of anilines is 1. The first-order chi connectivity index (χ1) is 14.5. The molecule has 0 aliphatic heterocycles. The van der Waals surface area contributed by atoms with Crippen LogP contribution in [0.4, 0.5) is 5.13 Å². The first kappa shape index (κ1) is 20.4. The number of amides is 1. The number of benzene rings is 1. The predicted octanol–water partition coefficient (Wildman–Crippen LogP) is 4.00. The number of hydrogen-bond donors (Lipinski definition) is 2. The minimum absolute atomic E-state index is 0.101. The average Bonchev–Trinajstić information content (AvgIpc) is 3.45. The van der Waals surface area contributed by atoms with Crippen LogP contribution in [0.25, 0.3) is 11.3 Å². The van der Waals surface area contributed by atoms with Crippen LogP contribution in [0.2, 0.25) is 0 Å². The van der Waals surface area contributed by atoms with Crippen molar-refractivity contribution in [3.63, 3.8) is 0 Å². The Hall–Kier alpha value is -2.92. The molecule has 0 atom stereocenters. The second kappa shape index (κ2) is 8.84. The van der Waals surface area contributed by atoms with Gasteiger partial charge in [0.05, 0.1) is 10.6 Å². The van der Waals surface area contributed by atoms with Crippen LogP contribution < -0.4 is 10.0 Å².